The van der Waals surface area contributed by atoms with Crippen molar-refractivity contribution in [2.45, 2.75) is 25.2 Å². The molecule has 0 bridgehead atoms. The Hall–Kier alpha value is -0.910. The second-order valence-corrected chi connectivity index (χ2v) is 4.85. The van der Waals surface area contributed by atoms with Crippen molar-refractivity contribution in [3.8, 4) is 0 Å². The molecule has 7 heteroatoms. The van der Waals surface area contributed by atoms with Crippen LogP contribution in [-0.4, -0.2) is 32.2 Å². The van der Waals surface area contributed by atoms with Gasteiger partial charge in [0.05, 0.1) is 18.4 Å². The largest absolute Gasteiger partial charge is 0.506 e. The highest BCUT2D eigenvalue weighted by atomic mass is 31.2. The number of nitrogens with zero attached hydrogens (tertiary/aromatic N) is 1. The first-order valence-corrected chi connectivity index (χ1v) is 6.76. The van der Waals surface area contributed by atoms with Gasteiger partial charge in [-0.2, -0.15) is 0 Å². The lowest BCUT2D eigenvalue weighted by molar-refractivity contribution is -0.0197. The molecular weight excluding hydrogens is 257 g/mol. The summed E-state index contributed by atoms with van der Waals surface area (Å²) in [6.07, 6.45) is 3.01. The maximum Gasteiger partial charge on any atom is 0.327 e. The van der Waals surface area contributed by atoms with Crippen molar-refractivity contribution in [2.24, 2.45) is 0 Å². The Morgan fingerprint density at radius 1 is 1.56 bits per heavy atom. The van der Waals surface area contributed by atoms with Crippen LogP contribution in [0.15, 0.2) is 24.9 Å². The summed E-state index contributed by atoms with van der Waals surface area (Å²) in [6.45, 7) is 3.66. The minimum absolute atomic E-state index is 0.00228. The first kappa shape index (κ1) is 13.5. The molecule has 0 radical (unpaired) electrons. The molecule has 0 aliphatic carbocycles. The first-order chi connectivity index (χ1) is 8.58. The molecule has 0 aromatic carbocycles. The molecule has 2 rings (SSSR count). The summed E-state index contributed by atoms with van der Waals surface area (Å²) in [5.41, 5.74) is 0.619. The lowest BCUT2D eigenvalue weighted by atomic mass is 10.2. The third kappa shape index (κ3) is 3.10. The number of aliphatic hydroxyl groups excluding tert-OH is 1. The van der Waals surface area contributed by atoms with Crippen molar-refractivity contribution >= 4 is 14.4 Å². The predicted octanol–water partition coefficient (Wildman–Crippen LogP) is 1.92. The Bertz CT molecular complexity index is 419. The maximum absolute atomic E-state index is 9.44. The second kappa shape index (κ2) is 5.82. The van der Waals surface area contributed by atoms with E-state index in [0.717, 1.165) is 12.8 Å². The van der Waals surface area contributed by atoms with Crippen LogP contribution >= 0.6 is 8.60 Å². The summed E-state index contributed by atoms with van der Waals surface area (Å²) < 4.78 is 12.3. The van der Waals surface area contributed by atoms with Crippen LogP contribution in [0, 0.1) is 0 Å². The van der Waals surface area contributed by atoms with E-state index in [4.69, 9.17) is 19.0 Å². The summed E-state index contributed by atoms with van der Waals surface area (Å²) in [4.78, 5) is 17.3. The zero-order chi connectivity index (χ0) is 13.1. The third-order valence-electron chi connectivity index (χ3n) is 2.85. The summed E-state index contributed by atoms with van der Waals surface area (Å²) in [5.74, 6) is -0.00228. The zero-order valence-electron chi connectivity index (χ0n) is 9.77. The fourth-order valence-corrected chi connectivity index (χ4v) is 2.35. The molecule has 1 aromatic rings. The first-order valence-electron chi connectivity index (χ1n) is 5.59. The van der Waals surface area contributed by atoms with E-state index in [1.54, 1.807) is 6.07 Å². The number of ether oxygens (including phenoxy) is 1. The molecule has 3 N–H and O–H groups in total. The van der Waals surface area contributed by atoms with Crippen LogP contribution in [-0.2, 0) is 9.26 Å². The number of rotatable bonds is 5. The molecule has 2 heterocycles. The van der Waals surface area contributed by atoms with E-state index >= 15 is 0 Å². The van der Waals surface area contributed by atoms with Gasteiger partial charge >= 0.3 is 8.60 Å². The molecule has 1 aliphatic rings. The van der Waals surface area contributed by atoms with E-state index in [-0.39, 0.29) is 24.7 Å². The number of hydrogen-bond donors (Lipinski definition) is 3. The topological polar surface area (TPSA) is 84.1 Å². The molecule has 6 nitrogen and oxygen atoms in total. The maximum atomic E-state index is 9.44. The molecule has 1 aliphatic heterocycles. The van der Waals surface area contributed by atoms with E-state index < -0.39 is 8.60 Å². The molecule has 2 unspecified atom stereocenters. The standard InChI is InChI=1S/C11H16NO5P/c1-8(13)10-3-2-6-12(10)11-5-4-9(17-11)7-16-18(14)15/h2-3,6,9,11,13-15H,1,4-5,7H2. The van der Waals surface area contributed by atoms with Gasteiger partial charge in [-0.1, -0.05) is 6.58 Å². The quantitative estimate of drug-likeness (QED) is 0.564. The van der Waals surface area contributed by atoms with Crippen molar-refractivity contribution < 1.29 is 24.2 Å². The lowest BCUT2D eigenvalue weighted by Crippen LogP contribution is -2.16. The van der Waals surface area contributed by atoms with Gasteiger partial charge in [-0.15, -0.1) is 0 Å². The van der Waals surface area contributed by atoms with E-state index in [2.05, 4.69) is 6.58 Å². The average Bonchev–Trinajstić information content (AvgIpc) is 2.94. The normalized spacial score (nSPS) is 23.7. The van der Waals surface area contributed by atoms with Crippen molar-refractivity contribution in [3.63, 3.8) is 0 Å². The summed E-state index contributed by atoms with van der Waals surface area (Å²) >= 11 is 0. The highest BCUT2D eigenvalue weighted by Crippen LogP contribution is 2.33. The summed E-state index contributed by atoms with van der Waals surface area (Å²) in [7, 11) is -2.33. The van der Waals surface area contributed by atoms with Gasteiger partial charge in [0.1, 0.15) is 12.0 Å². The second-order valence-electron chi connectivity index (χ2n) is 4.09. The number of aliphatic hydroxyl groups is 1. The van der Waals surface area contributed by atoms with E-state index in [1.807, 2.05) is 16.8 Å². The molecule has 1 fully saturated rings. The lowest BCUT2D eigenvalue weighted by Gasteiger charge is -2.17. The highest BCUT2D eigenvalue weighted by Gasteiger charge is 2.28. The van der Waals surface area contributed by atoms with Crippen LogP contribution in [0.1, 0.15) is 24.8 Å². The van der Waals surface area contributed by atoms with Gasteiger partial charge in [-0.25, -0.2) is 0 Å². The van der Waals surface area contributed by atoms with Gasteiger partial charge in [-0.05, 0) is 25.0 Å². The van der Waals surface area contributed by atoms with Gasteiger partial charge in [-0.3, -0.25) is 0 Å². The molecule has 0 saturated carbocycles. The van der Waals surface area contributed by atoms with Crippen LogP contribution in [0.5, 0.6) is 0 Å². The van der Waals surface area contributed by atoms with E-state index in [1.165, 1.54) is 0 Å². The monoisotopic (exact) mass is 273 g/mol. The Kier molecular flexibility index (Phi) is 4.37. The van der Waals surface area contributed by atoms with Gasteiger partial charge < -0.3 is 28.7 Å². The molecule has 100 valence electrons. The number of hydrogen-bond acceptors (Lipinski definition) is 5. The van der Waals surface area contributed by atoms with Crippen LogP contribution in [0.4, 0.5) is 0 Å². The summed E-state index contributed by atoms with van der Waals surface area (Å²) in [5, 5.41) is 9.44. The molecular formula is C11H16NO5P. The summed E-state index contributed by atoms with van der Waals surface area (Å²) in [6, 6.07) is 3.57. The van der Waals surface area contributed by atoms with Gasteiger partial charge in [0.15, 0.2) is 0 Å². The van der Waals surface area contributed by atoms with Gasteiger partial charge in [0, 0.05) is 6.20 Å². The zero-order valence-corrected chi connectivity index (χ0v) is 10.7. The predicted molar refractivity (Wildman–Crippen MR) is 66.5 cm³/mol. The smallest absolute Gasteiger partial charge is 0.327 e. The Labute approximate surface area is 106 Å². The fourth-order valence-electron chi connectivity index (χ4n) is 2.05. The molecule has 1 saturated heterocycles. The fraction of sp³-hybridized carbons (Fsp3) is 0.455. The van der Waals surface area contributed by atoms with Crippen molar-refractivity contribution in [1.82, 2.24) is 4.57 Å². The SMILES string of the molecule is C=C(O)c1cccn1C1CCC(COP(O)O)O1. The van der Waals surface area contributed by atoms with E-state index in [0.29, 0.717) is 5.69 Å². The molecule has 2 atom stereocenters. The van der Waals surface area contributed by atoms with Crippen LogP contribution in [0.2, 0.25) is 0 Å². The van der Waals surface area contributed by atoms with Crippen LogP contribution < -0.4 is 0 Å². The Balaban J connectivity index is 1.96. The van der Waals surface area contributed by atoms with E-state index in [9.17, 15) is 5.11 Å². The average molecular weight is 273 g/mol. The third-order valence-corrected chi connectivity index (χ3v) is 3.23. The van der Waals surface area contributed by atoms with Gasteiger partial charge in [0.2, 0.25) is 0 Å². The Morgan fingerprint density at radius 2 is 2.33 bits per heavy atom. The molecule has 18 heavy (non-hydrogen) atoms. The van der Waals surface area contributed by atoms with Crippen molar-refractivity contribution in [3.05, 3.63) is 30.6 Å². The molecule has 0 spiro atoms. The van der Waals surface area contributed by atoms with Crippen LogP contribution in [0.3, 0.4) is 0 Å². The number of aromatic nitrogens is 1. The minimum Gasteiger partial charge on any atom is -0.506 e. The van der Waals surface area contributed by atoms with Crippen molar-refractivity contribution in [1.29, 1.82) is 0 Å². The highest BCUT2D eigenvalue weighted by molar-refractivity contribution is 7.39. The molecule has 1 aromatic heterocycles. The van der Waals surface area contributed by atoms with Crippen LogP contribution in [0.25, 0.3) is 5.76 Å². The minimum atomic E-state index is -2.33. The van der Waals surface area contributed by atoms with Gasteiger partial charge in [0.25, 0.3) is 0 Å². The molecule has 0 amide bonds. The van der Waals surface area contributed by atoms with Crippen molar-refractivity contribution in [2.75, 3.05) is 6.61 Å². The Morgan fingerprint density at radius 3 is 3.00 bits per heavy atom.